The second-order valence-corrected chi connectivity index (χ2v) is 10.5. The van der Waals surface area contributed by atoms with Crippen LogP contribution < -0.4 is 9.54 Å². The van der Waals surface area contributed by atoms with Gasteiger partial charge in [-0.3, -0.25) is 4.79 Å². The minimum absolute atomic E-state index is 0.224. The molecule has 0 N–H and O–H groups in total. The number of hydrogen-bond donors (Lipinski definition) is 0. The molecule has 0 aliphatic rings. The van der Waals surface area contributed by atoms with E-state index in [0.29, 0.717) is 35.9 Å². The van der Waals surface area contributed by atoms with Crippen LogP contribution in [0.15, 0.2) is 64.5 Å². The van der Waals surface area contributed by atoms with E-state index >= 15 is 0 Å². The van der Waals surface area contributed by atoms with Crippen molar-refractivity contribution in [3.63, 3.8) is 0 Å². The van der Waals surface area contributed by atoms with E-state index in [1.54, 1.807) is 24.3 Å². The first-order valence-corrected chi connectivity index (χ1v) is 13.1. The summed E-state index contributed by atoms with van der Waals surface area (Å²) in [6.45, 7) is 3.40. The standard InChI is InChI=1S/C24H24N2O5S2/c1-4-31-12-11-26-20-10-9-18(33(3,28)29)15-22(20)32-24(26)25-23(27)19-13-16-7-5-6-8-17(16)14-21(19)30-2/h5-10,13-15H,4,11-12H2,1-3H3. The third-order valence-corrected chi connectivity index (χ3v) is 7.39. The van der Waals surface area contributed by atoms with Crippen molar-refractivity contribution in [3.8, 4) is 5.75 Å². The van der Waals surface area contributed by atoms with Crippen molar-refractivity contribution >= 4 is 48.1 Å². The second-order valence-electron chi connectivity index (χ2n) is 7.45. The van der Waals surface area contributed by atoms with Gasteiger partial charge in [-0.1, -0.05) is 35.6 Å². The number of methoxy groups -OCH3 is 1. The monoisotopic (exact) mass is 484 g/mol. The highest BCUT2D eigenvalue weighted by molar-refractivity contribution is 7.90. The van der Waals surface area contributed by atoms with Crippen LogP contribution in [0.4, 0.5) is 0 Å². The van der Waals surface area contributed by atoms with Gasteiger partial charge in [-0.25, -0.2) is 8.42 Å². The van der Waals surface area contributed by atoms with Crippen LogP contribution in [0.3, 0.4) is 0 Å². The molecule has 4 rings (SSSR count). The second kappa shape index (κ2) is 9.46. The number of benzene rings is 3. The van der Waals surface area contributed by atoms with Crippen LogP contribution in [0, 0.1) is 0 Å². The summed E-state index contributed by atoms with van der Waals surface area (Å²) in [5, 5.41) is 1.88. The lowest BCUT2D eigenvalue weighted by atomic mass is 10.1. The molecular formula is C24H24N2O5S2. The fourth-order valence-electron chi connectivity index (χ4n) is 3.59. The van der Waals surface area contributed by atoms with Crippen molar-refractivity contribution in [1.82, 2.24) is 4.57 Å². The summed E-state index contributed by atoms with van der Waals surface area (Å²) in [4.78, 5) is 18.3. The minimum Gasteiger partial charge on any atom is -0.496 e. The molecular weight excluding hydrogens is 460 g/mol. The Bertz CT molecular complexity index is 1520. The van der Waals surface area contributed by atoms with Crippen molar-refractivity contribution in [2.24, 2.45) is 4.99 Å². The molecule has 0 radical (unpaired) electrons. The summed E-state index contributed by atoms with van der Waals surface area (Å²) in [7, 11) is -1.83. The van der Waals surface area contributed by atoms with Crippen molar-refractivity contribution in [2.75, 3.05) is 26.6 Å². The number of carbonyl (C=O) groups is 1. The Balaban J connectivity index is 1.86. The summed E-state index contributed by atoms with van der Waals surface area (Å²) < 4.78 is 37.6. The van der Waals surface area contributed by atoms with E-state index in [1.165, 1.54) is 24.7 Å². The van der Waals surface area contributed by atoms with Gasteiger partial charge in [0.2, 0.25) is 0 Å². The molecule has 0 fully saturated rings. The fourth-order valence-corrected chi connectivity index (χ4v) is 5.40. The van der Waals surface area contributed by atoms with E-state index in [4.69, 9.17) is 9.47 Å². The molecule has 0 aliphatic carbocycles. The molecule has 0 aliphatic heterocycles. The topological polar surface area (TPSA) is 87.0 Å². The first-order valence-electron chi connectivity index (χ1n) is 10.4. The summed E-state index contributed by atoms with van der Waals surface area (Å²) in [6.07, 6.45) is 1.17. The molecule has 1 aromatic heterocycles. The maximum Gasteiger partial charge on any atom is 0.283 e. The Morgan fingerprint density at radius 1 is 1.09 bits per heavy atom. The molecule has 9 heteroatoms. The van der Waals surface area contributed by atoms with Crippen LogP contribution in [0.2, 0.25) is 0 Å². The summed E-state index contributed by atoms with van der Waals surface area (Å²) in [5.74, 6) is 0.0152. The van der Waals surface area contributed by atoms with E-state index in [9.17, 15) is 13.2 Å². The predicted octanol–water partition coefficient (Wildman–Crippen LogP) is 4.05. The summed E-state index contributed by atoms with van der Waals surface area (Å²) in [6, 6.07) is 16.3. The molecule has 4 aromatic rings. The summed E-state index contributed by atoms with van der Waals surface area (Å²) >= 11 is 1.27. The lowest BCUT2D eigenvalue weighted by Gasteiger charge is -2.08. The zero-order chi connectivity index (χ0) is 23.6. The maximum absolute atomic E-state index is 13.2. The molecule has 0 saturated carbocycles. The normalized spacial score (nSPS) is 12.5. The highest BCUT2D eigenvalue weighted by Crippen LogP contribution is 2.27. The largest absolute Gasteiger partial charge is 0.496 e. The molecule has 1 amide bonds. The number of aromatic nitrogens is 1. The molecule has 0 spiro atoms. The van der Waals surface area contributed by atoms with Crippen molar-refractivity contribution in [1.29, 1.82) is 0 Å². The van der Waals surface area contributed by atoms with Crippen LogP contribution in [-0.4, -0.2) is 45.5 Å². The fraction of sp³-hybridized carbons (Fsp3) is 0.250. The molecule has 0 atom stereocenters. The lowest BCUT2D eigenvalue weighted by Crippen LogP contribution is -2.20. The molecule has 3 aromatic carbocycles. The molecule has 0 saturated heterocycles. The molecule has 33 heavy (non-hydrogen) atoms. The first kappa shape index (κ1) is 23.2. The number of thiazole rings is 1. The van der Waals surface area contributed by atoms with Crippen molar-refractivity contribution in [2.45, 2.75) is 18.4 Å². The molecule has 1 heterocycles. The Morgan fingerprint density at radius 2 is 1.82 bits per heavy atom. The van der Waals surface area contributed by atoms with Gasteiger partial charge in [-0.05, 0) is 48.0 Å². The maximum atomic E-state index is 13.2. The Kier molecular flexibility index (Phi) is 6.64. The minimum atomic E-state index is -3.36. The van der Waals surface area contributed by atoms with Crippen molar-refractivity contribution in [3.05, 3.63) is 65.0 Å². The highest BCUT2D eigenvalue weighted by Gasteiger charge is 2.16. The Labute approximate surface area is 195 Å². The first-order chi connectivity index (χ1) is 15.8. The van der Waals surface area contributed by atoms with Crippen LogP contribution in [-0.2, 0) is 21.1 Å². The average Bonchev–Trinajstić information content (AvgIpc) is 3.14. The van der Waals surface area contributed by atoms with E-state index < -0.39 is 15.7 Å². The SMILES string of the molecule is CCOCCn1c(=NC(=O)c2cc3ccccc3cc2OC)sc2cc(S(C)(=O)=O)ccc21. The Hall–Kier alpha value is -3.01. The predicted molar refractivity (Wildman–Crippen MR) is 130 cm³/mol. The van der Waals surface area contributed by atoms with Gasteiger partial charge >= 0.3 is 0 Å². The van der Waals surface area contributed by atoms with Crippen LogP contribution in [0.5, 0.6) is 5.75 Å². The van der Waals surface area contributed by atoms with Gasteiger partial charge in [-0.15, -0.1) is 0 Å². The van der Waals surface area contributed by atoms with Crippen LogP contribution >= 0.6 is 11.3 Å². The molecule has 172 valence electrons. The average molecular weight is 485 g/mol. The van der Waals surface area contributed by atoms with E-state index in [-0.39, 0.29) is 4.90 Å². The van der Waals surface area contributed by atoms with Gasteiger partial charge in [0, 0.05) is 19.4 Å². The van der Waals surface area contributed by atoms with Gasteiger partial charge in [0.25, 0.3) is 5.91 Å². The van der Waals surface area contributed by atoms with Crippen LogP contribution in [0.25, 0.3) is 21.0 Å². The zero-order valence-electron chi connectivity index (χ0n) is 18.6. The van der Waals surface area contributed by atoms with Gasteiger partial charge in [0.05, 0.1) is 34.4 Å². The number of nitrogens with zero attached hydrogens (tertiary/aromatic N) is 2. The molecule has 0 bridgehead atoms. The van der Waals surface area contributed by atoms with Gasteiger partial charge < -0.3 is 14.0 Å². The lowest BCUT2D eigenvalue weighted by molar-refractivity contribution is 0.0994. The van der Waals surface area contributed by atoms with Gasteiger partial charge in [-0.2, -0.15) is 4.99 Å². The number of carbonyl (C=O) groups excluding carboxylic acids is 1. The van der Waals surface area contributed by atoms with Crippen molar-refractivity contribution < 1.29 is 22.7 Å². The smallest absolute Gasteiger partial charge is 0.283 e. The third kappa shape index (κ3) is 4.85. The van der Waals surface area contributed by atoms with E-state index in [2.05, 4.69) is 4.99 Å². The number of hydrogen-bond acceptors (Lipinski definition) is 6. The number of fused-ring (bicyclic) bond motifs is 2. The number of ether oxygens (including phenoxy) is 2. The van der Waals surface area contributed by atoms with Crippen LogP contribution in [0.1, 0.15) is 17.3 Å². The number of amides is 1. The van der Waals surface area contributed by atoms with E-state index in [1.807, 2.05) is 41.8 Å². The van der Waals surface area contributed by atoms with Gasteiger partial charge in [0.1, 0.15) is 5.75 Å². The zero-order valence-corrected chi connectivity index (χ0v) is 20.2. The van der Waals surface area contributed by atoms with E-state index in [0.717, 1.165) is 21.0 Å². The quantitative estimate of drug-likeness (QED) is 0.370. The number of rotatable bonds is 7. The van der Waals surface area contributed by atoms with Gasteiger partial charge in [0.15, 0.2) is 14.6 Å². The molecule has 7 nitrogen and oxygen atoms in total. The molecule has 0 unspecified atom stereocenters. The highest BCUT2D eigenvalue weighted by atomic mass is 32.2. The third-order valence-electron chi connectivity index (χ3n) is 5.24. The Morgan fingerprint density at radius 3 is 2.48 bits per heavy atom. The number of sulfone groups is 1. The summed E-state index contributed by atoms with van der Waals surface area (Å²) in [5.41, 5.74) is 1.16.